The van der Waals surface area contributed by atoms with Crippen molar-refractivity contribution in [2.45, 2.75) is 26.4 Å². The van der Waals surface area contributed by atoms with Crippen LogP contribution in [-0.4, -0.2) is 18.7 Å². The van der Waals surface area contributed by atoms with E-state index in [1.165, 1.54) is 6.08 Å². The van der Waals surface area contributed by atoms with Crippen molar-refractivity contribution in [2.24, 2.45) is 0 Å². The molecule has 2 rings (SSSR count). The molecular formula is C18H20O3. The highest BCUT2D eigenvalue weighted by molar-refractivity contribution is 5.90. The number of fused-ring (bicyclic) bond motifs is 1. The van der Waals surface area contributed by atoms with Crippen molar-refractivity contribution >= 4 is 22.8 Å². The normalized spacial score (nSPS) is 11.8. The van der Waals surface area contributed by atoms with E-state index in [1.54, 1.807) is 13.2 Å². The maximum absolute atomic E-state index is 11.7. The summed E-state index contributed by atoms with van der Waals surface area (Å²) in [7, 11) is 1.65. The van der Waals surface area contributed by atoms with Crippen molar-refractivity contribution in [1.29, 1.82) is 0 Å². The Labute approximate surface area is 125 Å². The van der Waals surface area contributed by atoms with Gasteiger partial charge in [-0.15, -0.1) is 0 Å². The van der Waals surface area contributed by atoms with Crippen molar-refractivity contribution in [3.63, 3.8) is 0 Å². The number of hydrogen-bond acceptors (Lipinski definition) is 3. The highest BCUT2D eigenvalue weighted by Crippen LogP contribution is 2.22. The van der Waals surface area contributed by atoms with Crippen LogP contribution in [0.2, 0.25) is 0 Å². The summed E-state index contributed by atoms with van der Waals surface area (Å²) in [5.41, 5.74) is 0.486. The van der Waals surface area contributed by atoms with Gasteiger partial charge in [0.15, 0.2) is 0 Å². The van der Waals surface area contributed by atoms with Crippen molar-refractivity contribution in [1.82, 2.24) is 0 Å². The van der Waals surface area contributed by atoms with E-state index in [-0.39, 0.29) is 5.97 Å². The van der Waals surface area contributed by atoms with Gasteiger partial charge in [-0.2, -0.15) is 0 Å². The lowest BCUT2D eigenvalue weighted by atomic mass is 10.1. The maximum Gasteiger partial charge on any atom is 0.331 e. The predicted molar refractivity (Wildman–Crippen MR) is 85.4 cm³/mol. The van der Waals surface area contributed by atoms with Gasteiger partial charge in [-0.3, -0.25) is 0 Å². The van der Waals surface area contributed by atoms with E-state index in [0.29, 0.717) is 0 Å². The monoisotopic (exact) mass is 284 g/mol. The Kier molecular flexibility index (Phi) is 4.32. The molecule has 0 aliphatic carbocycles. The average Bonchev–Trinajstić information content (AvgIpc) is 2.42. The summed E-state index contributed by atoms with van der Waals surface area (Å²) < 4.78 is 10.4. The van der Waals surface area contributed by atoms with Crippen LogP contribution in [0.1, 0.15) is 26.3 Å². The third-order valence-electron chi connectivity index (χ3n) is 2.89. The third-order valence-corrected chi connectivity index (χ3v) is 2.89. The Balaban J connectivity index is 2.18. The molecule has 2 aromatic carbocycles. The highest BCUT2D eigenvalue weighted by atomic mass is 16.6. The van der Waals surface area contributed by atoms with Crippen LogP contribution >= 0.6 is 0 Å². The molecule has 0 aromatic heterocycles. The van der Waals surface area contributed by atoms with E-state index in [0.717, 1.165) is 22.1 Å². The molecule has 0 saturated carbocycles. The van der Waals surface area contributed by atoms with Crippen LogP contribution in [0.3, 0.4) is 0 Å². The molecule has 110 valence electrons. The van der Waals surface area contributed by atoms with Crippen LogP contribution < -0.4 is 4.74 Å². The molecule has 0 heterocycles. The zero-order valence-electron chi connectivity index (χ0n) is 12.8. The van der Waals surface area contributed by atoms with Gasteiger partial charge in [0.05, 0.1) is 7.11 Å². The van der Waals surface area contributed by atoms with Gasteiger partial charge in [-0.25, -0.2) is 4.79 Å². The van der Waals surface area contributed by atoms with Gasteiger partial charge < -0.3 is 9.47 Å². The number of esters is 1. The first-order chi connectivity index (χ1) is 9.87. The van der Waals surface area contributed by atoms with Gasteiger partial charge >= 0.3 is 5.97 Å². The average molecular weight is 284 g/mol. The number of ether oxygens (including phenoxy) is 2. The Hall–Kier alpha value is -2.29. The molecule has 0 bridgehead atoms. The van der Waals surface area contributed by atoms with E-state index in [9.17, 15) is 4.79 Å². The zero-order chi connectivity index (χ0) is 15.5. The summed E-state index contributed by atoms with van der Waals surface area (Å²) in [6.07, 6.45) is 3.22. The molecule has 0 radical (unpaired) electrons. The number of methoxy groups -OCH3 is 1. The smallest absolute Gasteiger partial charge is 0.331 e. The first-order valence-corrected chi connectivity index (χ1v) is 6.86. The highest BCUT2D eigenvalue weighted by Gasteiger charge is 2.13. The minimum atomic E-state index is -0.471. The topological polar surface area (TPSA) is 35.5 Å². The van der Waals surface area contributed by atoms with E-state index in [4.69, 9.17) is 9.47 Å². The lowest BCUT2D eigenvalue weighted by Gasteiger charge is -2.17. The fourth-order valence-corrected chi connectivity index (χ4v) is 1.97. The quantitative estimate of drug-likeness (QED) is 0.626. The Morgan fingerprint density at radius 3 is 2.38 bits per heavy atom. The van der Waals surface area contributed by atoms with Crippen molar-refractivity contribution in [3.8, 4) is 5.75 Å². The molecule has 0 N–H and O–H groups in total. The largest absolute Gasteiger partial charge is 0.497 e. The molecule has 0 aliphatic rings. The molecule has 3 nitrogen and oxygen atoms in total. The number of carbonyl (C=O) groups excluding carboxylic acids is 1. The Morgan fingerprint density at radius 1 is 1.05 bits per heavy atom. The second kappa shape index (κ2) is 6.00. The van der Waals surface area contributed by atoms with E-state index < -0.39 is 5.60 Å². The minimum Gasteiger partial charge on any atom is -0.497 e. The fraction of sp³-hybridized carbons (Fsp3) is 0.278. The van der Waals surface area contributed by atoms with Crippen LogP contribution in [0, 0.1) is 0 Å². The Bertz CT molecular complexity index is 678. The molecule has 0 atom stereocenters. The van der Waals surface area contributed by atoms with Crippen LogP contribution in [0.25, 0.3) is 16.8 Å². The van der Waals surface area contributed by atoms with Gasteiger partial charge in [0, 0.05) is 6.08 Å². The van der Waals surface area contributed by atoms with Crippen molar-refractivity contribution in [3.05, 3.63) is 48.0 Å². The van der Waals surface area contributed by atoms with E-state index in [2.05, 4.69) is 0 Å². The molecule has 0 amide bonds. The standard InChI is InChI=1S/C18H20O3/c1-18(2,3)21-17(19)10-6-13-5-7-15-12-16(20-4)9-8-14(15)11-13/h5-12H,1-4H3. The number of rotatable bonds is 3. The molecule has 21 heavy (non-hydrogen) atoms. The second-order valence-electron chi connectivity index (χ2n) is 5.84. The minimum absolute atomic E-state index is 0.336. The molecule has 0 aliphatic heterocycles. The van der Waals surface area contributed by atoms with Gasteiger partial charge in [-0.1, -0.05) is 18.2 Å². The first-order valence-electron chi connectivity index (χ1n) is 6.86. The maximum atomic E-state index is 11.7. The van der Waals surface area contributed by atoms with Crippen LogP contribution in [0.4, 0.5) is 0 Å². The van der Waals surface area contributed by atoms with Gasteiger partial charge in [-0.05, 0) is 61.4 Å². The van der Waals surface area contributed by atoms with Gasteiger partial charge in [0.1, 0.15) is 11.4 Å². The van der Waals surface area contributed by atoms with Crippen molar-refractivity contribution < 1.29 is 14.3 Å². The Morgan fingerprint density at radius 2 is 1.71 bits per heavy atom. The summed E-state index contributed by atoms with van der Waals surface area (Å²) in [6.45, 7) is 5.55. The fourth-order valence-electron chi connectivity index (χ4n) is 1.97. The second-order valence-corrected chi connectivity index (χ2v) is 5.84. The number of carbonyl (C=O) groups is 1. The predicted octanol–water partition coefficient (Wildman–Crippen LogP) is 4.20. The van der Waals surface area contributed by atoms with Crippen molar-refractivity contribution in [2.75, 3.05) is 7.11 Å². The molecule has 2 aromatic rings. The van der Waals surface area contributed by atoms with Crippen LogP contribution in [-0.2, 0) is 9.53 Å². The molecule has 3 heteroatoms. The van der Waals surface area contributed by atoms with Crippen LogP contribution in [0.5, 0.6) is 5.75 Å². The van der Waals surface area contributed by atoms with E-state index in [1.807, 2.05) is 57.2 Å². The summed E-state index contributed by atoms with van der Waals surface area (Å²) >= 11 is 0. The third kappa shape index (κ3) is 4.35. The first kappa shape index (κ1) is 15.1. The molecule has 0 spiro atoms. The number of hydrogen-bond donors (Lipinski definition) is 0. The zero-order valence-corrected chi connectivity index (χ0v) is 12.8. The number of benzene rings is 2. The SMILES string of the molecule is COc1ccc2cc(C=CC(=O)OC(C)(C)C)ccc2c1. The molecule has 0 unspecified atom stereocenters. The summed E-state index contributed by atoms with van der Waals surface area (Å²) in [5.74, 6) is 0.497. The molecule has 0 saturated heterocycles. The van der Waals surface area contributed by atoms with Gasteiger partial charge in [0.25, 0.3) is 0 Å². The molecule has 0 fully saturated rings. The molecular weight excluding hydrogens is 264 g/mol. The summed E-state index contributed by atoms with van der Waals surface area (Å²) in [6, 6.07) is 11.9. The lowest BCUT2D eigenvalue weighted by Crippen LogP contribution is -2.22. The van der Waals surface area contributed by atoms with E-state index >= 15 is 0 Å². The summed E-state index contributed by atoms with van der Waals surface area (Å²) in [5, 5.41) is 2.20. The van der Waals surface area contributed by atoms with Gasteiger partial charge in [0.2, 0.25) is 0 Å². The summed E-state index contributed by atoms with van der Waals surface area (Å²) in [4.78, 5) is 11.7. The van der Waals surface area contributed by atoms with Crippen LogP contribution in [0.15, 0.2) is 42.5 Å². The lowest BCUT2D eigenvalue weighted by molar-refractivity contribution is -0.148.